The summed E-state index contributed by atoms with van der Waals surface area (Å²) in [5.41, 5.74) is 1.89. The van der Waals surface area contributed by atoms with Gasteiger partial charge < -0.3 is 9.88 Å². The second kappa shape index (κ2) is 9.88. The van der Waals surface area contributed by atoms with Crippen LogP contribution in [0.4, 0.5) is 4.79 Å². The molecule has 0 aliphatic carbocycles. The molecule has 1 atom stereocenters. The minimum Gasteiger partial charge on any atom is -0.338 e. The van der Waals surface area contributed by atoms with Crippen molar-refractivity contribution in [3.05, 3.63) is 77.6 Å². The Kier molecular flexibility index (Phi) is 7.02. The predicted molar refractivity (Wildman–Crippen MR) is 113 cm³/mol. The van der Waals surface area contributed by atoms with Crippen molar-refractivity contribution in [1.82, 2.24) is 25.4 Å². The number of amides is 3. The van der Waals surface area contributed by atoms with Crippen molar-refractivity contribution in [2.45, 2.75) is 30.8 Å². The second-order valence-corrected chi connectivity index (χ2v) is 7.43. The Morgan fingerprint density at radius 3 is 2.34 bits per heavy atom. The summed E-state index contributed by atoms with van der Waals surface area (Å²) >= 11 is 1.27. The maximum absolute atomic E-state index is 12.9. The number of benzene rings is 2. The van der Waals surface area contributed by atoms with E-state index in [9.17, 15) is 9.59 Å². The number of hydrogen-bond acceptors (Lipinski definition) is 5. The van der Waals surface area contributed by atoms with Crippen LogP contribution in [0.5, 0.6) is 0 Å². The van der Waals surface area contributed by atoms with Crippen molar-refractivity contribution >= 4 is 23.7 Å². The molecule has 0 saturated carbocycles. The minimum atomic E-state index is -0.642. The zero-order valence-electron chi connectivity index (χ0n) is 16.3. The largest absolute Gasteiger partial charge is 0.338 e. The molecule has 0 aliphatic rings. The lowest BCUT2D eigenvalue weighted by atomic mass is 10.1. The lowest BCUT2D eigenvalue weighted by Gasteiger charge is -2.17. The van der Waals surface area contributed by atoms with Crippen molar-refractivity contribution in [1.29, 1.82) is 0 Å². The highest BCUT2D eigenvalue weighted by atomic mass is 32.2. The molecule has 1 aromatic heterocycles. The highest BCUT2D eigenvalue weighted by molar-refractivity contribution is 8.00. The third-order valence-electron chi connectivity index (χ3n) is 4.22. The van der Waals surface area contributed by atoms with Gasteiger partial charge in [-0.25, -0.2) is 4.79 Å². The van der Waals surface area contributed by atoms with Gasteiger partial charge in [-0.3, -0.25) is 10.1 Å². The van der Waals surface area contributed by atoms with E-state index in [0.717, 1.165) is 17.0 Å². The van der Waals surface area contributed by atoms with E-state index in [-0.39, 0.29) is 0 Å². The van der Waals surface area contributed by atoms with Gasteiger partial charge in [0.1, 0.15) is 11.1 Å². The molecular formula is C21H23N5O2S. The first-order valence-corrected chi connectivity index (χ1v) is 10.2. The first-order valence-electron chi connectivity index (χ1n) is 9.32. The average molecular weight is 410 g/mol. The smallest absolute Gasteiger partial charge is 0.321 e. The molecule has 2 aromatic carbocycles. The van der Waals surface area contributed by atoms with E-state index in [1.54, 1.807) is 6.92 Å². The molecule has 1 heterocycles. The number of nitrogens with one attached hydrogen (secondary N) is 2. The molecule has 2 N–H and O–H groups in total. The Balaban J connectivity index is 1.87. The Labute approximate surface area is 173 Å². The first-order chi connectivity index (χ1) is 14.1. The molecule has 3 aromatic rings. The quantitative estimate of drug-likeness (QED) is 0.585. The van der Waals surface area contributed by atoms with E-state index < -0.39 is 17.2 Å². The zero-order valence-corrected chi connectivity index (χ0v) is 17.1. The van der Waals surface area contributed by atoms with Gasteiger partial charge in [-0.1, -0.05) is 72.4 Å². The Morgan fingerprint density at radius 2 is 1.69 bits per heavy atom. The number of rotatable bonds is 7. The lowest BCUT2D eigenvalue weighted by Crippen LogP contribution is -2.41. The highest BCUT2D eigenvalue weighted by Crippen LogP contribution is 2.35. The summed E-state index contributed by atoms with van der Waals surface area (Å²) in [7, 11) is 0. The molecule has 7 nitrogen and oxygen atoms in total. The third-order valence-corrected chi connectivity index (χ3v) is 5.46. The summed E-state index contributed by atoms with van der Waals surface area (Å²) in [5.74, 6) is 0.353. The molecule has 0 saturated heterocycles. The summed E-state index contributed by atoms with van der Waals surface area (Å²) in [5, 5.41) is 13.4. The van der Waals surface area contributed by atoms with Gasteiger partial charge in [-0.15, -0.1) is 10.2 Å². The van der Waals surface area contributed by atoms with Gasteiger partial charge in [0.15, 0.2) is 5.16 Å². The monoisotopic (exact) mass is 409 g/mol. The van der Waals surface area contributed by atoms with Crippen LogP contribution in [-0.2, 0) is 11.3 Å². The van der Waals surface area contributed by atoms with Crippen LogP contribution in [-0.4, -0.2) is 33.2 Å². The van der Waals surface area contributed by atoms with E-state index in [2.05, 4.69) is 20.8 Å². The molecule has 8 heteroatoms. The number of nitrogens with zero attached hydrogens (tertiary/aromatic N) is 3. The van der Waals surface area contributed by atoms with Crippen LogP contribution in [0.2, 0.25) is 0 Å². The Hall–Kier alpha value is -3.13. The van der Waals surface area contributed by atoms with E-state index in [4.69, 9.17) is 0 Å². The summed E-state index contributed by atoms with van der Waals surface area (Å²) in [4.78, 5) is 24.7. The summed E-state index contributed by atoms with van der Waals surface area (Å²) in [6.07, 6.45) is 0. The fourth-order valence-electron chi connectivity index (χ4n) is 2.79. The number of carbonyl (C=O) groups excluding carboxylic acids is 2. The van der Waals surface area contributed by atoms with Gasteiger partial charge in [0.05, 0.1) is 6.54 Å². The van der Waals surface area contributed by atoms with Crippen LogP contribution in [0.1, 0.15) is 29.1 Å². The predicted octanol–water partition coefficient (Wildman–Crippen LogP) is 3.31. The fraction of sp³-hybridized carbons (Fsp3) is 0.238. The maximum atomic E-state index is 12.9. The fourth-order valence-corrected chi connectivity index (χ4v) is 3.87. The van der Waals surface area contributed by atoms with Crippen molar-refractivity contribution in [2.75, 3.05) is 6.54 Å². The van der Waals surface area contributed by atoms with Crippen molar-refractivity contribution < 1.29 is 9.59 Å². The van der Waals surface area contributed by atoms with E-state index in [1.165, 1.54) is 11.8 Å². The van der Waals surface area contributed by atoms with Crippen LogP contribution in [0, 0.1) is 6.92 Å². The molecule has 0 bridgehead atoms. The second-order valence-electron chi connectivity index (χ2n) is 6.36. The number of imide groups is 1. The molecule has 0 aliphatic heterocycles. The van der Waals surface area contributed by atoms with E-state index >= 15 is 0 Å². The number of aromatic nitrogens is 3. The van der Waals surface area contributed by atoms with Crippen molar-refractivity contribution in [2.24, 2.45) is 0 Å². The molecule has 3 rings (SSSR count). The van der Waals surface area contributed by atoms with Gasteiger partial charge in [0.25, 0.3) is 0 Å². The minimum absolute atomic E-state index is 0.404. The van der Waals surface area contributed by atoms with Gasteiger partial charge in [-0.05, 0) is 25.0 Å². The van der Waals surface area contributed by atoms with E-state index in [0.29, 0.717) is 18.2 Å². The Morgan fingerprint density at radius 1 is 1.03 bits per heavy atom. The molecular weight excluding hydrogens is 386 g/mol. The number of urea groups is 1. The van der Waals surface area contributed by atoms with Crippen LogP contribution >= 0.6 is 11.8 Å². The van der Waals surface area contributed by atoms with Gasteiger partial charge in [0, 0.05) is 6.54 Å². The number of carbonyl (C=O) groups is 2. The zero-order chi connectivity index (χ0) is 20.6. The molecule has 29 heavy (non-hydrogen) atoms. The standard InChI is InChI=1S/C21H23N5O2S/c1-3-22-20(28)23-19(27)18(17-12-8-5-9-13-17)29-21-25-24-15(2)26(21)14-16-10-6-4-7-11-16/h4-13,18H,3,14H2,1-2H3,(H2,22,23,27,28)/t18-/m0/s1. The van der Waals surface area contributed by atoms with E-state index in [1.807, 2.05) is 72.2 Å². The lowest BCUT2D eigenvalue weighted by molar-refractivity contribution is -0.119. The number of hydrogen-bond donors (Lipinski definition) is 2. The number of thioether (sulfide) groups is 1. The summed E-state index contributed by atoms with van der Waals surface area (Å²) in [6.45, 7) is 4.71. The van der Waals surface area contributed by atoms with Crippen molar-refractivity contribution in [3.63, 3.8) is 0 Å². The molecule has 0 unspecified atom stereocenters. The van der Waals surface area contributed by atoms with Crippen LogP contribution in [0.15, 0.2) is 65.8 Å². The molecule has 3 amide bonds. The normalized spacial score (nSPS) is 11.7. The summed E-state index contributed by atoms with van der Waals surface area (Å²) < 4.78 is 1.97. The topological polar surface area (TPSA) is 88.9 Å². The van der Waals surface area contributed by atoms with Crippen LogP contribution in [0.3, 0.4) is 0 Å². The van der Waals surface area contributed by atoms with Crippen LogP contribution < -0.4 is 10.6 Å². The number of aryl methyl sites for hydroxylation is 1. The molecule has 0 spiro atoms. The molecule has 0 fully saturated rings. The van der Waals surface area contributed by atoms with Gasteiger partial charge in [-0.2, -0.15) is 0 Å². The van der Waals surface area contributed by atoms with Gasteiger partial charge >= 0.3 is 6.03 Å². The SMILES string of the molecule is CCNC(=O)NC(=O)[C@@H](Sc1nnc(C)n1Cc1ccccc1)c1ccccc1. The molecule has 0 radical (unpaired) electrons. The first kappa shape index (κ1) is 20.6. The average Bonchev–Trinajstić information content (AvgIpc) is 3.07. The maximum Gasteiger partial charge on any atom is 0.321 e. The van der Waals surface area contributed by atoms with Crippen LogP contribution in [0.25, 0.3) is 0 Å². The third kappa shape index (κ3) is 5.45. The van der Waals surface area contributed by atoms with Crippen molar-refractivity contribution in [3.8, 4) is 0 Å². The Bertz CT molecular complexity index is 960. The van der Waals surface area contributed by atoms with Gasteiger partial charge in [0.2, 0.25) is 5.91 Å². The molecule has 150 valence electrons. The summed E-state index contributed by atoms with van der Waals surface area (Å²) in [6, 6.07) is 18.8. The highest BCUT2D eigenvalue weighted by Gasteiger charge is 2.26.